The third-order valence-corrected chi connectivity index (χ3v) is 6.38. The van der Waals surface area contributed by atoms with E-state index >= 15 is 0 Å². The quantitative estimate of drug-likeness (QED) is 0.483. The van der Waals surface area contributed by atoms with Gasteiger partial charge in [0.05, 0.1) is 23.6 Å². The van der Waals surface area contributed by atoms with Gasteiger partial charge in [-0.05, 0) is 56.0 Å². The van der Waals surface area contributed by atoms with Gasteiger partial charge in [0.2, 0.25) is 0 Å². The van der Waals surface area contributed by atoms with Gasteiger partial charge < -0.3 is 10.2 Å². The van der Waals surface area contributed by atoms with Gasteiger partial charge in [-0.3, -0.25) is 4.99 Å². The Morgan fingerprint density at radius 1 is 1.23 bits per heavy atom. The number of nitrogens with one attached hydrogen (secondary N) is 1. The van der Waals surface area contributed by atoms with E-state index in [9.17, 15) is 4.39 Å². The van der Waals surface area contributed by atoms with Crippen molar-refractivity contribution in [3.63, 3.8) is 0 Å². The van der Waals surface area contributed by atoms with Crippen LogP contribution in [-0.4, -0.2) is 46.3 Å². The first-order chi connectivity index (χ1) is 14.6. The normalized spacial score (nSPS) is 13.9. The van der Waals surface area contributed by atoms with Gasteiger partial charge in [-0.2, -0.15) is 5.10 Å². The molecule has 3 aromatic rings. The Bertz CT molecular complexity index is 984. The number of aromatic nitrogens is 3. The first kappa shape index (κ1) is 20.5. The van der Waals surface area contributed by atoms with Crippen molar-refractivity contribution in [2.75, 3.05) is 20.6 Å². The fourth-order valence-electron chi connectivity index (χ4n) is 3.67. The molecule has 0 saturated carbocycles. The predicted octanol–water partition coefficient (Wildman–Crippen LogP) is 3.60. The minimum Gasteiger partial charge on any atom is -0.356 e. The summed E-state index contributed by atoms with van der Waals surface area (Å²) in [5.74, 6) is 0.602. The molecule has 1 aliphatic carbocycles. The van der Waals surface area contributed by atoms with E-state index < -0.39 is 0 Å². The average Bonchev–Trinajstić information content (AvgIpc) is 3.38. The van der Waals surface area contributed by atoms with E-state index in [-0.39, 0.29) is 5.82 Å². The largest absolute Gasteiger partial charge is 0.356 e. The molecule has 0 aliphatic heterocycles. The maximum Gasteiger partial charge on any atom is 0.193 e. The van der Waals surface area contributed by atoms with Crippen LogP contribution >= 0.6 is 11.3 Å². The van der Waals surface area contributed by atoms with Crippen LogP contribution in [-0.2, 0) is 25.8 Å². The topological polar surface area (TPSA) is 58.3 Å². The summed E-state index contributed by atoms with van der Waals surface area (Å²) < 4.78 is 14.9. The van der Waals surface area contributed by atoms with Crippen molar-refractivity contribution in [2.24, 2.45) is 4.99 Å². The number of halogens is 1. The first-order valence-electron chi connectivity index (χ1n) is 10.3. The SMILES string of the molecule is CN=C(NCCc1ccn(-c2ccc(F)cc2)n1)N(C)Cc1nc2c(s1)CCCC2. The lowest BCUT2D eigenvalue weighted by Gasteiger charge is -2.20. The molecule has 1 aromatic carbocycles. The number of hydrogen-bond donors (Lipinski definition) is 1. The van der Waals surface area contributed by atoms with E-state index in [2.05, 4.69) is 20.3 Å². The fraction of sp³-hybridized carbons (Fsp3) is 0.409. The molecule has 2 heterocycles. The van der Waals surface area contributed by atoms with Gasteiger partial charge in [-0.25, -0.2) is 14.1 Å². The zero-order valence-electron chi connectivity index (χ0n) is 17.4. The Hall–Kier alpha value is -2.74. The van der Waals surface area contributed by atoms with Crippen molar-refractivity contribution in [3.05, 3.63) is 63.6 Å². The zero-order valence-corrected chi connectivity index (χ0v) is 18.3. The van der Waals surface area contributed by atoms with E-state index in [0.717, 1.165) is 48.3 Å². The van der Waals surface area contributed by atoms with Crippen LogP contribution in [0.1, 0.15) is 34.1 Å². The molecule has 1 N–H and O–H groups in total. The van der Waals surface area contributed by atoms with Gasteiger partial charge in [0.15, 0.2) is 5.96 Å². The van der Waals surface area contributed by atoms with Gasteiger partial charge in [-0.1, -0.05) is 0 Å². The highest BCUT2D eigenvalue weighted by Gasteiger charge is 2.17. The third kappa shape index (κ3) is 4.87. The molecule has 0 spiro atoms. The number of fused-ring (bicyclic) bond motifs is 1. The minimum atomic E-state index is -0.247. The molecule has 0 unspecified atom stereocenters. The lowest BCUT2D eigenvalue weighted by Crippen LogP contribution is -2.39. The van der Waals surface area contributed by atoms with Crippen LogP contribution in [0.5, 0.6) is 0 Å². The summed E-state index contributed by atoms with van der Waals surface area (Å²) in [4.78, 5) is 12.8. The van der Waals surface area contributed by atoms with Gasteiger partial charge in [0, 0.05) is 38.1 Å². The van der Waals surface area contributed by atoms with E-state index in [0.29, 0.717) is 0 Å². The van der Waals surface area contributed by atoms with Crippen molar-refractivity contribution in [3.8, 4) is 5.69 Å². The van der Waals surface area contributed by atoms with E-state index in [4.69, 9.17) is 4.98 Å². The first-order valence-corrected chi connectivity index (χ1v) is 11.1. The highest BCUT2D eigenvalue weighted by atomic mass is 32.1. The summed E-state index contributed by atoms with van der Waals surface area (Å²) >= 11 is 1.84. The number of aliphatic imine (C=N–C) groups is 1. The molecule has 2 aromatic heterocycles. The molecule has 4 rings (SSSR count). The summed E-state index contributed by atoms with van der Waals surface area (Å²) in [6, 6.07) is 8.31. The Morgan fingerprint density at radius 2 is 2.03 bits per heavy atom. The molecule has 0 radical (unpaired) electrons. The maximum atomic E-state index is 13.1. The van der Waals surface area contributed by atoms with Gasteiger partial charge in [-0.15, -0.1) is 11.3 Å². The number of benzene rings is 1. The molecular formula is C22H27FN6S. The molecule has 6 nitrogen and oxygen atoms in total. The van der Waals surface area contributed by atoms with Crippen LogP contribution in [0.2, 0.25) is 0 Å². The second-order valence-corrected chi connectivity index (χ2v) is 8.66. The minimum absolute atomic E-state index is 0.247. The predicted molar refractivity (Wildman–Crippen MR) is 119 cm³/mol. The van der Waals surface area contributed by atoms with E-state index in [1.165, 1.54) is 42.0 Å². The summed E-state index contributed by atoms with van der Waals surface area (Å²) in [6.07, 6.45) is 7.50. The second-order valence-electron chi connectivity index (χ2n) is 7.49. The van der Waals surface area contributed by atoms with Gasteiger partial charge >= 0.3 is 0 Å². The lowest BCUT2D eigenvalue weighted by molar-refractivity contribution is 0.475. The Labute approximate surface area is 180 Å². The second kappa shape index (κ2) is 9.38. The number of hydrogen-bond acceptors (Lipinski definition) is 4. The summed E-state index contributed by atoms with van der Waals surface area (Å²) in [6.45, 7) is 1.49. The highest BCUT2D eigenvalue weighted by molar-refractivity contribution is 7.11. The Morgan fingerprint density at radius 3 is 2.80 bits per heavy atom. The maximum absolute atomic E-state index is 13.1. The average molecular weight is 427 g/mol. The summed E-state index contributed by atoms with van der Waals surface area (Å²) in [7, 11) is 3.84. The number of aryl methyl sites for hydroxylation is 2. The fourth-order valence-corrected chi connectivity index (χ4v) is 4.88. The zero-order chi connectivity index (χ0) is 20.9. The molecule has 0 atom stereocenters. The molecule has 8 heteroatoms. The number of rotatable bonds is 6. The van der Waals surface area contributed by atoms with Crippen molar-refractivity contribution < 1.29 is 4.39 Å². The van der Waals surface area contributed by atoms with Crippen LogP contribution in [0.15, 0.2) is 41.5 Å². The molecule has 0 amide bonds. The summed E-state index contributed by atoms with van der Waals surface area (Å²) in [5.41, 5.74) is 3.11. The lowest BCUT2D eigenvalue weighted by atomic mass is 10.0. The number of guanidine groups is 1. The van der Waals surface area contributed by atoms with Gasteiger partial charge in [0.25, 0.3) is 0 Å². The summed E-state index contributed by atoms with van der Waals surface area (Å²) in [5, 5.41) is 9.14. The molecule has 30 heavy (non-hydrogen) atoms. The van der Waals surface area contributed by atoms with Crippen molar-refractivity contribution in [1.82, 2.24) is 25.0 Å². The molecule has 0 saturated heterocycles. The molecular weight excluding hydrogens is 399 g/mol. The Kier molecular flexibility index (Phi) is 6.42. The van der Waals surface area contributed by atoms with Crippen LogP contribution in [0.4, 0.5) is 4.39 Å². The number of nitrogens with zero attached hydrogens (tertiary/aromatic N) is 5. The van der Waals surface area contributed by atoms with Crippen LogP contribution in [0, 0.1) is 5.82 Å². The number of thiazole rings is 1. The van der Waals surface area contributed by atoms with E-state index in [1.54, 1.807) is 23.9 Å². The smallest absolute Gasteiger partial charge is 0.193 e. The molecule has 1 aliphatic rings. The van der Waals surface area contributed by atoms with Crippen molar-refractivity contribution >= 4 is 17.3 Å². The van der Waals surface area contributed by atoms with E-state index in [1.807, 2.05) is 30.6 Å². The highest BCUT2D eigenvalue weighted by Crippen LogP contribution is 2.27. The van der Waals surface area contributed by atoms with Crippen LogP contribution in [0.25, 0.3) is 5.69 Å². The molecule has 0 bridgehead atoms. The Balaban J connectivity index is 1.29. The van der Waals surface area contributed by atoms with Crippen LogP contribution in [0.3, 0.4) is 0 Å². The standard InChI is InChI=1S/C22H27FN6S/c1-24-22(28(2)15-21-26-19-5-3-4-6-20(19)30-21)25-13-11-17-12-14-29(27-17)18-9-7-16(23)8-10-18/h7-10,12,14H,3-6,11,13,15H2,1-2H3,(H,24,25). The van der Waals surface area contributed by atoms with Gasteiger partial charge in [0.1, 0.15) is 10.8 Å². The monoisotopic (exact) mass is 426 g/mol. The van der Waals surface area contributed by atoms with Crippen molar-refractivity contribution in [1.29, 1.82) is 0 Å². The van der Waals surface area contributed by atoms with Crippen LogP contribution < -0.4 is 5.32 Å². The molecule has 158 valence electrons. The van der Waals surface area contributed by atoms with Crippen molar-refractivity contribution in [2.45, 2.75) is 38.6 Å². The third-order valence-electron chi connectivity index (χ3n) is 5.24. The molecule has 0 fully saturated rings.